The normalized spacial score (nSPS) is 12.1. The Morgan fingerprint density at radius 1 is 0.941 bits per heavy atom. The summed E-state index contributed by atoms with van der Waals surface area (Å²) in [6, 6.07) is 18.2. The van der Waals surface area contributed by atoms with Crippen LogP contribution in [0.15, 0.2) is 54.6 Å². The van der Waals surface area contributed by atoms with E-state index >= 15 is 0 Å². The van der Waals surface area contributed by atoms with Gasteiger partial charge in [0.2, 0.25) is 0 Å². The average molecular weight is 245 g/mol. The fourth-order valence-electron chi connectivity index (χ4n) is 1.98. The van der Waals surface area contributed by atoms with Crippen molar-refractivity contribution in [2.45, 2.75) is 19.0 Å². The van der Waals surface area contributed by atoms with Crippen molar-refractivity contribution in [2.24, 2.45) is 0 Å². The monoisotopic (exact) mass is 245 g/mol. The molecule has 0 aromatic heterocycles. The molecule has 1 N–H and O–H groups in total. The van der Waals surface area contributed by atoms with Gasteiger partial charge in [0, 0.05) is 14.6 Å². The Morgan fingerprint density at radius 3 is 2.29 bits per heavy atom. The van der Waals surface area contributed by atoms with Crippen LogP contribution >= 0.6 is 8.58 Å². The highest BCUT2D eigenvalue weighted by Gasteiger charge is 2.27. The number of rotatable bonds is 3. The SMILES string of the molecule is CC(C)([PH2+]c1cccc(O)c1)c1ccccc1. The van der Waals surface area contributed by atoms with Gasteiger partial charge in [-0.15, -0.1) is 0 Å². The first-order valence-corrected chi connectivity index (χ1v) is 6.94. The molecule has 2 aromatic rings. The topological polar surface area (TPSA) is 20.2 Å². The van der Waals surface area contributed by atoms with E-state index in [4.69, 9.17) is 0 Å². The lowest BCUT2D eigenvalue weighted by molar-refractivity contribution is 0.476. The van der Waals surface area contributed by atoms with Gasteiger partial charge in [0.15, 0.2) is 0 Å². The lowest BCUT2D eigenvalue weighted by Gasteiger charge is -2.19. The Morgan fingerprint density at radius 2 is 1.65 bits per heavy atom. The van der Waals surface area contributed by atoms with E-state index < -0.39 is 0 Å². The minimum absolute atomic E-state index is 0.0909. The van der Waals surface area contributed by atoms with Crippen molar-refractivity contribution in [1.82, 2.24) is 0 Å². The minimum Gasteiger partial charge on any atom is -0.508 e. The van der Waals surface area contributed by atoms with Crippen LogP contribution in [0.4, 0.5) is 0 Å². The molecule has 0 heterocycles. The summed E-state index contributed by atoms with van der Waals surface area (Å²) in [6.07, 6.45) is 0. The summed E-state index contributed by atoms with van der Waals surface area (Å²) in [4.78, 5) is 0. The van der Waals surface area contributed by atoms with Gasteiger partial charge in [-0.2, -0.15) is 0 Å². The maximum atomic E-state index is 9.49. The van der Waals surface area contributed by atoms with Crippen LogP contribution in [0, 0.1) is 0 Å². The first kappa shape index (κ1) is 12.1. The maximum Gasteiger partial charge on any atom is 0.119 e. The maximum absolute atomic E-state index is 9.49. The molecular formula is C15H18OP+. The van der Waals surface area contributed by atoms with E-state index in [0.717, 1.165) is 0 Å². The zero-order valence-corrected chi connectivity index (χ0v) is 11.4. The Hall–Kier alpha value is -1.33. The van der Waals surface area contributed by atoms with Gasteiger partial charge in [0.05, 0.1) is 10.5 Å². The van der Waals surface area contributed by atoms with Gasteiger partial charge < -0.3 is 5.11 Å². The fraction of sp³-hybridized carbons (Fsp3) is 0.200. The van der Waals surface area contributed by atoms with Crippen LogP contribution in [-0.4, -0.2) is 5.11 Å². The zero-order valence-electron chi connectivity index (χ0n) is 10.2. The van der Waals surface area contributed by atoms with Gasteiger partial charge in [-0.05, 0) is 31.5 Å². The second-order valence-electron chi connectivity index (χ2n) is 4.83. The zero-order chi connectivity index (χ0) is 12.3. The van der Waals surface area contributed by atoms with E-state index in [2.05, 4.69) is 44.2 Å². The van der Waals surface area contributed by atoms with Gasteiger partial charge in [-0.3, -0.25) is 0 Å². The van der Waals surface area contributed by atoms with E-state index in [1.165, 1.54) is 10.9 Å². The summed E-state index contributed by atoms with van der Waals surface area (Å²) in [6.45, 7) is 4.53. The summed E-state index contributed by atoms with van der Waals surface area (Å²) < 4.78 is 0. The summed E-state index contributed by atoms with van der Waals surface area (Å²) in [5, 5.41) is 10.9. The number of hydrogen-bond donors (Lipinski definition) is 1. The predicted octanol–water partition coefficient (Wildman–Crippen LogP) is 3.36. The second kappa shape index (κ2) is 4.89. The molecule has 0 aliphatic rings. The smallest absolute Gasteiger partial charge is 0.119 e. The fourth-order valence-corrected chi connectivity index (χ4v) is 3.64. The van der Waals surface area contributed by atoms with Crippen LogP contribution in [0.25, 0.3) is 0 Å². The molecule has 0 amide bonds. The molecule has 0 fully saturated rings. The Bertz CT molecular complexity index is 491. The molecule has 0 saturated carbocycles. The molecule has 0 radical (unpaired) electrons. The van der Waals surface area contributed by atoms with Crippen molar-refractivity contribution in [3.05, 3.63) is 60.2 Å². The summed E-state index contributed by atoms with van der Waals surface area (Å²) in [5.41, 5.74) is 1.36. The molecule has 0 spiro atoms. The van der Waals surface area contributed by atoms with Crippen molar-refractivity contribution < 1.29 is 5.11 Å². The van der Waals surface area contributed by atoms with E-state index in [1.807, 2.05) is 18.2 Å². The molecule has 2 rings (SSSR count). The van der Waals surface area contributed by atoms with E-state index in [1.54, 1.807) is 6.07 Å². The third-order valence-corrected chi connectivity index (χ3v) is 4.66. The number of hydrogen-bond acceptors (Lipinski definition) is 1. The molecule has 0 bridgehead atoms. The summed E-state index contributed by atoms with van der Waals surface area (Å²) in [7, 11) is 0.0909. The summed E-state index contributed by atoms with van der Waals surface area (Å²) >= 11 is 0. The molecule has 1 nitrogen and oxygen atoms in total. The summed E-state index contributed by atoms with van der Waals surface area (Å²) in [5.74, 6) is 0.360. The Balaban J connectivity index is 2.23. The van der Waals surface area contributed by atoms with Gasteiger partial charge >= 0.3 is 0 Å². The number of phenols is 1. The molecule has 1 unspecified atom stereocenters. The van der Waals surface area contributed by atoms with Crippen molar-refractivity contribution in [3.63, 3.8) is 0 Å². The van der Waals surface area contributed by atoms with Crippen LogP contribution in [0.1, 0.15) is 19.4 Å². The van der Waals surface area contributed by atoms with E-state index in [-0.39, 0.29) is 13.7 Å². The van der Waals surface area contributed by atoms with Crippen LogP contribution < -0.4 is 5.30 Å². The molecule has 0 aliphatic heterocycles. The van der Waals surface area contributed by atoms with Gasteiger partial charge in [0.1, 0.15) is 5.75 Å². The first-order valence-electron chi connectivity index (χ1n) is 5.78. The molecule has 0 aliphatic carbocycles. The molecule has 2 heteroatoms. The lowest BCUT2D eigenvalue weighted by Crippen LogP contribution is -2.14. The van der Waals surface area contributed by atoms with Crippen LogP contribution in [-0.2, 0) is 5.16 Å². The molecule has 1 atom stereocenters. The van der Waals surface area contributed by atoms with Gasteiger partial charge in [-0.25, -0.2) is 0 Å². The quantitative estimate of drug-likeness (QED) is 0.822. The third kappa shape index (κ3) is 3.08. The van der Waals surface area contributed by atoms with Gasteiger partial charge in [0.25, 0.3) is 0 Å². The highest BCUT2D eigenvalue weighted by atomic mass is 31.1. The minimum atomic E-state index is 0.0909. The van der Waals surface area contributed by atoms with Crippen molar-refractivity contribution in [1.29, 1.82) is 0 Å². The highest BCUT2D eigenvalue weighted by molar-refractivity contribution is 7.48. The first-order chi connectivity index (χ1) is 8.08. The van der Waals surface area contributed by atoms with E-state index in [9.17, 15) is 5.11 Å². The number of aromatic hydroxyl groups is 1. The van der Waals surface area contributed by atoms with Crippen molar-refractivity contribution in [3.8, 4) is 5.75 Å². The molecular weight excluding hydrogens is 227 g/mol. The number of phenolic OH excluding ortho intramolecular Hbond substituents is 1. The van der Waals surface area contributed by atoms with Crippen LogP contribution in [0.3, 0.4) is 0 Å². The number of benzene rings is 2. The van der Waals surface area contributed by atoms with Crippen molar-refractivity contribution >= 4 is 13.9 Å². The van der Waals surface area contributed by atoms with Gasteiger partial charge in [-0.1, -0.05) is 36.4 Å². The molecule has 88 valence electrons. The average Bonchev–Trinajstić information content (AvgIpc) is 2.29. The van der Waals surface area contributed by atoms with Crippen molar-refractivity contribution in [2.75, 3.05) is 0 Å². The lowest BCUT2D eigenvalue weighted by atomic mass is 10.0. The molecule has 0 saturated heterocycles. The second-order valence-corrected chi connectivity index (χ2v) is 7.23. The highest BCUT2D eigenvalue weighted by Crippen LogP contribution is 2.40. The molecule has 2 aromatic carbocycles. The third-order valence-electron chi connectivity index (χ3n) is 2.92. The van der Waals surface area contributed by atoms with Crippen LogP contribution in [0.2, 0.25) is 0 Å². The standard InChI is InChI=1S/C15H17OP/c1-15(2,12-7-4-3-5-8-12)17-14-10-6-9-13(16)11-14/h3-11,16-17H,1-2H3/p+1. The molecule has 17 heavy (non-hydrogen) atoms. The Labute approximate surface area is 104 Å². The predicted molar refractivity (Wildman–Crippen MR) is 76.9 cm³/mol. The largest absolute Gasteiger partial charge is 0.508 e. The van der Waals surface area contributed by atoms with E-state index in [0.29, 0.717) is 5.75 Å². The Kier molecular flexibility index (Phi) is 3.49. The van der Waals surface area contributed by atoms with Crippen LogP contribution in [0.5, 0.6) is 5.75 Å².